The van der Waals surface area contributed by atoms with Crippen LogP contribution in [0.1, 0.15) is 50.7 Å². The van der Waals surface area contributed by atoms with Gasteiger partial charge in [-0.15, -0.1) is 0 Å². The zero-order chi connectivity index (χ0) is 25.2. The van der Waals surface area contributed by atoms with E-state index in [2.05, 4.69) is 31.4 Å². The van der Waals surface area contributed by atoms with Crippen LogP contribution >= 0.6 is 0 Å². The zero-order valence-electron chi connectivity index (χ0n) is 20.6. The normalized spacial score (nSPS) is 11.8. The van der Waals surface area contributed by atoms with Crippen molar-refractivity contribution in [2.45, 2.75) is 45.6 Å². The molecule has 1 aromatic heterocycles. The summed E-state index contributed by atoms with van der Waals surface area (Å²) in [4.78, 5) is 25.4. The number of hydrogen-bond donors (Lipinski definition) is 2. The van der Waals surface area contributed by atoms with E-state index >= 15 is 0 Å². The van der Waals surface area contributed by atoms with Gasteiger partial charge in [-0.25, -0.2) is 0 Å². The fourth-order valence-electron chi connectivity index (χ4n) is 3.57. The third-order valence-electron chi connectivity index (χ3n) is 5.69. The highest BCUT2D eigenvalue weighted by Gasteiger charge is 2.30. The predicted molar refractivity (Wildman–Crippen MR) is 139 cm³/mol. The van der Waals surface area contributed by atoms with E-state index in [1.807, 2.05) is 48.5 Å². The highest BCUT2D eigenvalue weighted by molar-refractivity contribution is 6.04. The predicted octanol–water partition coefficient (Wildman–Crippen LogP) is 6.78. The molecule has 0 aliphatic carbocycles. The number of carbonyl (C=O) groups excluding carboxylic acids is 2. The van der Waals surface area contributed by atoms with E-state index < -0.39 is 5.60 Å². The number of furan rings is 1. The monoisotopic (exact) mass is 470 g/mol. The van der Waals surface area contributed by atoms with E-state index in [1.54, 1.807) is 44.2 Å². The van der Waals surface area contributed by atoms with Crippen molar-refractivity contribution in [1.29, 1.82) is 0 Å². The number of fused-ring (bicyclic) bond motifs is 1. The van der Waals surface area contributed by atoms with Gasteiger partial charge in [0.1, 0.15) is 11.3 Å². The second kappa shape index (κ2) is 9.29. The number of ether oxygens (including phenoxy) is 1. The van der Waals surface area contributed by atoms with Gasteiger partial charge in [-0.1, -0.05) is 51.1 Å². The van der Waals surface area contributed by atoms with E-state index in [0.717, 1.165) is 5.39 Å². The number of benzene rings is 3. The van der Waals surface area contributed by atoms with E-state index in [-0.39, 0.29) is 23.0 Å². The number of anilines is 2. The van der Waals surface area contributed by atoms with Crippen molar-refractivity contribution >= 4 is 34.2 Å². The summed E-state index contributed by atoms with van der Waals surface area (Å²) < 4.78 is 11.6. The first-order valence-electron chi connectivity index (χ1n) is 11.5. The average molecular weight is 471 g/mol. The second-order valence-electron chi connectivity index (χ2n) is 10.0. The van der Waals surface area contributed by atoms with E-state index in [0.29, 0.717) is 22.7 Å². The maximum Gasteiger partial charge on any atom is 0.291 e. The van der Waals surface area contributed by atoms with Crippen LogP contribution in [0.15, 0.2) is 83.3 Å². The fraction of sp³-hybridized carbons (Fsp3) is 0.241. The topological polar surface area (TPSA) is 80.6 Å². The summed E-state index contributed by atoms with van der Waals surface area (Å²) in [6.07, 6.45) is 0. The Labute approximate surface area is 205 Å². The minimum Gasteiger partial charge on any atom is -0.478 e. The maximum absolute atomic E-state index is 12.9. The number of rotatable bonds is 6. The first-order valence-corrected chi connectivity index (χ1v) is 11.5. The number of para-hydroxylation sites is 1. The van der Waals surface area contributed by atoms with Gasteiger partial charge >= 0.3 is 0 Å². The molecule has 0 bridgehead atoms. The van der Waals surface area contributed by atoms with Crippen molar-refractivity contribution < 1.29 is 18.7 Å². The number of nitrogens with one attached hydrogen (secondary N) is 2. The van der Waals surface area contributed by atoms with Crippen molar-refractivity contribution in [3.63, 3.8) is 0 Å². The van der Waals surface area contributed by atoms with Gasteiger partial charge in [0, 0.05) is 16.8 Å². The van der Waals surface area contributed by atoms with Crippen LogP contribution in [-0.4, -0.2) is 17.4 Å². The lowest BCUT2D eigenvalue weighted by Crippen LogP contribution is -2.42. The molecule has 0 saturated carbocycles. The Morgan fingerprint density at radius 3 is 1.97 bits per heavy atom. The van der Waals surface area contributed by atoms with Crippen molar-refractivity contribution in [1.82, 2.24) is 0 Å². The van der Waals surface area contributed by atoms with Gasteiger partial charge in [0.05, 0.1) is 0 Å². The summed E-state index contributed by atoms with van der Waals surface area (Å²) in [6, 6.07) is 23.8. The second-order valence-corrected chi connectivity index (χ2v) is 10.0. The van der Waals surface area contributed by atoms with Crippen molar-refractivity contribution in [2.24, 2.45) is 0 Å². The fourth-order valence-corrected chi connectivity index (χ4v) is 3.57. The smallest absolute Gasteiger partial charge is 0.291 e. The lowest BCUT2D eigenvalue weighted by molar-refractivity contribution is -0.128. The summed E-state index contributed by atoms with van der Waals surface area (Å²) >= 11 is 0. The van der Waals surface area contributed by atoms with Crippen LogP contribution in [0.25, 0.3) is 11.0 Å². The highest BCUT2D eigenvalue weighted by Crippen LogP contribution is 2.27. The molecular weight excluding hydrogens is 440 g/mol. The van der Waals surface area contributed by atoms with Crippen LogP contribution in [0.3, 0.4) is 0 Å². The molecule has 2 amide bonds. The number of carbonyl (C=O) groups is 2. The lowest BCUT2D eigenvalue weighted by Gasteiger charge is -2.26. The highest BCUT2D eigenvalue weighted by atomic mass is 16.5. The van der Waals surface area contributed by atoms with Crippen LogP contribution in [0.4, 0.5) is 11.4 Å². The van der Waals surface area contributed by atoms with Gasteiger partial charge in [-0.2, -0.15) is 0 Å². The lowest BCUT2D eigenvalue weighted by atomic mass is 9.87. The minimum atomic E-state index is -1.09. The molecule has 4 rings (SSSR count). The molecule has 0 radical (unpaired) electrons. The maximum atomic E-state index is 12.9. The van der Waals surface area contributed by atoms with Crippen molar-refractivity contribution in [3.8, 4) is 5.75 Å². The Morgan fingerprint density at radius 1 is 0.771 bits per heavy atom. The zero-order valence-corrected chi connectivity index (χ0v) is 20.6. The molecule has 35 heavy (non-hydrogen) atoms. The molecule has 0 spiro atoms. The van der Waals surface area contributed by atoms with E-state index in [4.69, 9.17) is 9.15 Å². The Bertz CT molecular complexity index is 1310. The van der Waals surface area contributed by atoms with Crippen LogP contribution in [-0.2, 0) is 10.2 Å². The third kappa shape index (κ3) is 5.72. The molecular formula is C29H30N2O4. The first kappa shape index (κ1) is 24.1. The Morgan fingerprint density at radius 2 is 1.37 bits per heavy atom. The first-order chi connectivity index (χ1) is 16.5. The molecule has 0 unspecified atom stereocenters. The standard InChI is InChI=1S/C29H30N2O4/c1-28(2,3)20-10-16-23(17-11-20)35-29(4,5)27(33)31-22-14-12-21(13-15-22)30-26(32)25-18-19-8-6-7-9-24(19)34-25/h6-18H,1-5H3,(H,30,32)(H,31,33). The molecule has 180 valence electrons. The van der Waals surface area contributed by atoms with Crippen molar-refractivity contribution in [2.75, 3.05) is 10.6 Å². The molecule has 0 saturated heterocycles. The Kier molecular flexibility index (Phi) is 6.39. The molecule has 3 aromatic carbocycles. The molecule has 0 aliphatic heterocycles. The SMILES string of the molecule is CC(C)(Oc1ccc(C(C)(C)C)cc1)C(=O)Nc1ccc(NC(=O)c2cc3ccccc3o2)cc1. The van der Waals surface area contributed by atoms with E-state index in [9.17, 15) is 9.59 Å². The van der Waals surface area contributed by atoms with E-state index in [1.165, 1.54) is 5.56 Å². The molecule has 2 N–H and O–H groups in total. The van der Waals surface area contributed by atoms with Crippen LogP contribution in [0.5, 0.6) is 5.75 Å². The summed E-state index contributed by atoms with van der Waals surface area (Å²) in [6.45, 7) is 9.89. The van der Waals surface area contributed by atoms with Crippen molar-refractivity contribution in [3.05, 3.63) is 90.2 Å². The molecule has 1 heterocycles. The van der Waals surface area contributed by atoms with Crippen LogP contribution < -0.4 is 15.4 Å². The molecule has 4 aromatic rings. The molecule has 0 aliphatic rings. The summed E-state index contributed by atoms with van der Waals surface area (Å²) in [5, 5.41) is 6.55. The minimum absolute atomic E-state index is 0.0448. The van der Waals surface area contributed by atoms with Gasteiger partial charge in [-0.3, -0.25) is 9.59 Å². The summed E-state index contributed by atoms with van der Waals surface area (Å²) in [5.74, 6) is 0.237. The number of amides is 2. The Balaban J connectivity index is 1.36. The van der Waals surface area contributed by atoms with Gasteiger partial charge in [0.25, 0.3) is 11.8 Å². The van der Waals surface area contributed by atoms with Gasteiger partial charge < -0.3 is 19.8 Å². The average Bonchev–Trinajstić information content (AvgIpc) is 3.24. The van der Waals surface area contributed by atoms with Gasteiger partial charge in [-0.05, 0) is 73.4 Å². The Hall–Kier alpha value is -4.06. The summed E-state index contributed by atoms with van der Waals surface area (Å²) in [5.41, 5.74) is 1.99. The quantitative estimate of drug-likeness (QED) is 0.325. The van der Waals surface area contributed by atoms with Gasteiger partial charge in [0.15, 0.2) is 11.4 Å². The van der Waals surface area contributed by atoms with Crippen LogP contribution in [0, 0.1) is 0 Å². The van der Waals surface area contributed by atoms with Gasteiger partial charge in [0.2, 0.25) is 0 Å². The third-order valence-corrected chi connectivity index (χ3v) is 5.69. The molecule has 0 atom stereocenters. The summed E-state index contributed by atoms with van der Waals surface area (Å²) in [7, 11) is 0. The number of hydrogen-bond acceptors (Lipinski definition) is 4. The molecule has 0 fully saturated rings. The largest absolute Gasteiger partial charge is 0.478 e. The molecule has 6 heteroatoms. The van der Waals surface area contributed by atoms with Crippen LogP contribution in [0.2, 0.25) is 0 Å². The molecule has 6 nitrogen and oxygen atoms in total.